The highest BCUT2D eigenvalue weighted by Gasteiger charge is 2.02. The van der Waals surface area contributed by atoms with E-state index in [1.807, 2.05) is 25.3 Å². The standard InChI is InChI=1S/C12H16N6/c1-8-3-4-14-6-10(8)7-15-11-5-9(2)16-12(17-11)18-13/h3-6H,7,13H2,1-2H3,(H2,15,16,17,18). The lowest BCUT2D eigenvalue weighted by molar-refractivity contribution is 1.02. The Morgan fingerprint density at radius 2 is 2.11 bits per heavy atom. The molecule has 94 valence electrons. The SMILES string of the molecule is Cc1cc(NCc2cnccc2C)nc(NN)n1. The summed E-state index contributed by atoms with van der Waals surface area (Å²) in [7, 11) is 0. The summed E-state index contributed by atoms with van der Waals surface area (Å²) in [6, 6.07) is 3.85. The van der Waals surface area contributed by atoms with Gasteiger partial charge in [0.15, 0.2) is 0 Å². The van der Waals surface area contributed by atoms with Gasteiger partial charge in [0.05, 0.1) is 0 Å². The number of hydrogen-bond donors (Lipinski definition) is 3. The first-order valence-corrected chi connectivity index (χ1v) is 5.64. The summed E-state index contributed by atoms with van der Waals surface area (Å²) in [6.07, 6.45) is 3.63. The van der Waals surface area contributed by atoms with Crippen LogP contribution >= 0.6 is 0 Å². The smallest absolute Gasteiger partial charge is 0.239 e. The van der Waals surface area contributed by atoms with E-state index in [1.54, 1.807) is 6.20 Å². The maximum atomic E-state index is 5.31. The Hall–Kier alpha value is -2.21. The Kier molecular flexibility index (Phi) is 3.69. The topological polar surface area (TPSA) is 88.8 Å². The monoisotopic (exact) mass is 244 g/mol. The van der Waals surface area contributed by atoms with Crippen LogP contribution in [0.1, 0.15) is 16.8 Å². The van der Waals surface area contributed by atoms with Gasteiger partial charge in [0.25, 0.3) is 0 Å². The predicted octanol–water partition coefficient (Wildman–Crippen LogP) is 1.39. The van der Waals surface area contributed by atoms with Crippen LogP contribution in [0.3, 0.4) is 0 Å². The number of aromatic nitrogens is 3. The molecule has 6 heteroatoms. The van der Waals surface area contributed by atoms with Crippen molar-refractivity contribution in [3.8, 4) is 0 Å². The van der Waals surface area contributed by atoms with Crippen molar-refractivity contribution in [3.05, 3.63) is 41.3 Å². The van der Waals surface area contributed by atoms with E-state index in [0.717, 1.165) is 17.1 Å². The number of nitrogen functional groups attached to an aromatic ring is 1. The van der Waals surface area contributed by atoms with Gasteiger partial charge in [-0.15, -0.1) is 0 Å². The molecule has 2 rings (SSSR count). The van der Waals surface area contributed by atoms with Gasteiger partial charge in [-0.2, -0.15) is 4.98 Å². The molecule has 0 aliphatic heterocycles. The minimum atomic E-state index is 0.403. The van der Waals surface area contributed by atoms with E-state index in [0.29, 0.717) is 12.5 Å². The molecule has 0 unspecified atom stereocenters. The highest BCUT2D eigenvalue weighted by atomic mass is 15.3. The number of nitrogens with two attached hydrogens (primary N) is 1. The summed E-state index contributed by atoms with van der Waals surface area (Å²) >= 11 is 0. The van der Waals surface area contributed by atoms with E-state index >= 15 is 0 Å². The molecule has 0 saturated carbocycles. The van der Waals surface area contributed by atoms with Crippen molar-refractivity contribution in [2.45, 2.75) is 20.4 Å². The van der Waals surface area contributed by atoms with Gasteiger partial charge in [-0.1, -0.05) is 0 Å². The van der Waals surface area contributed by atoms with Gasteiger partial charge in [0, 0.05) is 30.7 Å². The Morgan fingerprint density at radius 1 is 1.28 bits per heavy atom. The molecule has 6 nitrogen and oxygen atoms in total. The van der Waals surface area contributed by atoms with Crippen LogP contribution in [0.25, 0.3) is 0 Å². The fraction of sp³-hybridized carbons (Fsp3) is 0.250. The van der Waals surface area contributed by atoms with E-state index in [2.05, 4.69) is 32.6 Å². The molecular weight excluding hydrogens is 228 g/mol. The summed E-state index contributed by atoms with van der Waals surface area (Å²) in [6.45, 7) is 4.61. The number of aryl methyl sites for hydroxylation is 2. The van der Waals surface area contributed by atoms with Gasteiger partial charge in [0.1, 0.15) is 5.82 Å². The lowest BCUT2D eigenvalue weighted by atomic mass is 10.1. The molecule has 0 radical (unpaired) electrons. The quantitative estimate of drug-likeness (QED) is 0.556. The minimum absolute atomic E-state index is 0.403. The second kappa shape index (κ2) is 5.42. The maximum Gasteiger partial charge on any atom is 0.239 e. The van der Waals surface area contributed by atoms with E-state index < -0.39 is 0 Å². The fourth-order valence-corrected chi connectivity index (χ4v) is 1.59. The summed E-state index contributed by atoms with van der Waals surface area (Å²) in [5.74, 6) is 6.44. The van der Waals surface area contributed by atoms with Crippen molar-refractivity contribution in [2.75, 3.05) is 10.7 Å². The first-order valence-electron chi connectivity index (χ1n) is 5.64. The fourth-order valence-electron chi connectivity index (χ4n) is 1.59. The molecular formula is C12H16N6. The normalized spacial score (nSPS) is 10.2. The van der Waals surface area contributed by atoms with Crippen LogP contribution in [0, 0.1) is 13.8 Å². The number of pyridine rings is 1. The lowest BCUT2D eigenvalue weighted by Crippen LogP contribution is -2.12. The summed E-state index contributed by atoms with van der Waals surface area (Å²) < 4.78 is 0. The molecule has 0 aliphatic rings. The molecule has 0 aliphatic carbocycles. The third kappa shape index (κ3) is 2.92. The molecule has 0 bridgehead atoms. The number of nitrogens with one attached hydrogen (secondary N) is 2. The summed E-state index contributed by atoms with van der Waals surface area (Å²) in [4.78, 5) is 12.4. The van der Waals surface area contributed by atoms with Crippen LogP contribution in [0.2, 0.25) is 0 Å². The highest BCUT2D eigenvalue weighted by Crippen LogP contribution is 2.11. The van der Waals surface area contributed by atoms with Gasteiger partial charge in [-0.25, -0.2) is 10.8 Å². The van der Waals surface area contributed by atoms with Crippen LogP contribution in [-0.4, -0.2) is 15.0 Å². The first kappa shape index (κ1) is 12.3. The third-order valence-corrected chi connectivity index (χ3v) is 2.59. The lowest BCUT2D eigenvalue weighted by Gasteiger charge is -2.09. The van der Waals surface area contributed by atoms with E-state index in [4.69, 9.17) is 5.84 Å². The number of hydrazine groups is 1. The van der Waals surface area contributed by atoms with E-state index in [9.17, 15) is 0 Å². The molecule has 18 heavy (non-hydrogen) atoms. The van der Waals surface area contributed by atoms with Gasteiger partial charge in [-0.05, 0) is 31.0 Å². The van der Waals surface area contributed by atoms with Crippen LogP contribution in [0.15, 0.2) is 24.5 Å². The molecule has 4 N–H and O–H groups in total. The molecule has 0 spiro atoms. The number of hydrogen-bond acceptors (Lipinski definition) is 6. The second-order valence-corrected chi connectivity index (χ2v) is 4.02. The summed E-state index contributed by atoms with van der Waals surface area (Å²) in [5.41, 5.74) is 5.62. The zero-order valence-corrected chi connectivity index (χ0v) is 10.4. The van der Waals surface area contributed by atoms with Crippen molar-refractivity contribution in [1.82, 2.24) is 15.0 Å². The Bertz CT molecular complexity index is 540. The number of nitrogens with zero attached hydrogens (tertiary/aromatic N) is 3. The van der Waals surface area contributed by atoms with Gasteiger partial charge >= 0.3 is 0 Å². The minimum Gasteiger partial charge on any atom is -0.366 e. The Morgan fingerprint density at radius 3 is 2.83 bits per heavy atom. The average Bonchev–Trinajstić information content (AvgIpc) is 2.37. The summed E-state index contributed by atoms with van der Waals surface area (Å²) in [5, 5.41) is 3.23. The predicted molar refractivity (Wildman–Crippen MR) is 70.9 cm³/mol. The van der Waals surface area contributed by atoms with Gasteiger partial charge < -0.3 is 5.32 Å². The number of rotatable bonds is 4. The average molecular weight is 244 g/mol. The molecule has 0 aromatic carbocycles. The van der Waals surface area contributed by atoms with Crippen molar-refractivity contribution >= 4 is 11.8 Å². The molecule has 0 fully saturated rings. The van der Waals surface area contributed by atoms with Crippen LogP contribution < -0.4 is 16.6 Å². The van der Waals surface area contributed by atoms with E-state index in [1.165, 1.54) is 5.56 Å². The zero-order chi connectivity index (χ0) is 13.0. The van der Waals surface area contributed by atoms with Crippen molar-refractivity contribution in [1.29, 1.82) is 0 Å². The molecule has 0 atom stereocenters. The number of anilines is 2. The third-order valence-electron chi connectivity index (χ3n) is 2.59. The van der Waals surface area contributed by atoms with E-state index in [-0.39, 0.29) is 0 Å². The van der Waals surface area contributed by atoms with Crippen molar-refractivity contribution in [2.24, 2.45) is 5.84 Å². The van der Waals surface area contributed by atoms with Crippen LogP contribution in [0.5, 0.6) is 0 Å². The van der Waals surface area contributed by atoms with Crippen molar-refractivity contribution < 1.29 is 0 Å². The van der Waals surface area contributed by atoms with Crippen LogP contribution in [0.4, 0.5) is 11.8 Å². The first-order chi connectivity index (χ1) is 8.69. The maximum absolute atomic E-state index is 5.31. The highest BCUT2D eigenvalue weighted by molar-refractivity contribution is 5.42. The largest absolute Gasteiger partial charge is 0.366 e. The zero-order valence-electron chi connectivity index (χ0n) is 10.4. The Labute approximate surface area is 106 Å². The van der Waals surface area contributed by atoms with Crippen LogP contribution in [-0.2, 0) is 6.54 Å². The molecule has 2 heterocycles. The molecule has 2 aromatic heterocycles. The molecule has 0 amide bonds. The van der Waals surface area contributed by atoms with Crippen molar-refractivity contribution in [3.63, 3.8) is 0 Å². The second-order valence-electron chi connectivity index (χ2n) is 4.02. The molecule has 2 aromatic rings. The van der Waals surface area contributed by atoms with Gasteiger partial charge in [-0.3, -0.25) is 10.4 Å². The molecule has 0 saturated heterocycles. The Balaban J connectivity index is 2.11. The van der Waals surface area contributed by atoms with Gasteiger partial charge in [0.2, 0.25) is 5.95 Å².